The second-order valence-electron chi connectivity index (χ2n) is 4.86. The highest BCUT2D eigenvalue weighted by atomic mass is 16.2. The summed E-state index contributed by atoms with van der Waals surface area (Å²) in [5, 5.41) is 2.60. The minimum atomic E-state index is -0.587. The van der Waals surface area contributed by atoms with Gasteiger partial charge in [-0.2, -0.15) is 0 Å². The predicted molar refractivity (Wildman–Crippen MR) is 61.6 cm³/mol. The van der Waals surface area contributed by atoms with Crippen LogP contribution in [0.15, 0.2) is 0 Å². The van der Waals surface area contributed by atoms with Gasteiger partial charge in [0.1, 0.15) is 6.04 Å². The molecule has 1 fully saturated rings. The molecule has 0 radical (unpaired) electrons. The van der Waals surface area contributed by atoms with Gasteiger partial charge in [0.25, 0.3) is 0 Å². The number of rotatable bonds is 3. The topological polar surface area (TPSA) is 75.4 Å². The fourth-order valence-corrected chi connectivity index (χ4v) is 1.93. The van der Waals surface area contributed by atoms with Crippen LogP contribution in [0.5, 0.6) is 0 Å². The summed E-state index contributed by atoms with van der Waals surface area (Å²) >= 11 is 0. The number of nitrogens with two attached hydrogens (primary N) is 1. The molecule has 5 heteroatoms. The smallest absolute Gasteiger partial charge is 0.242 e. The second-order valence-corrected chi connectivity index (χ2v) is 4.86. The van der Waals surface area contributed by atoms with Gasteiger partial charge in [-0.1, -0.05) is 0 Å². The van der Waals surface area contributed by atoms with E-state index in [-0.39, 0.29) is 17.9 Å². The van der Waals surface area contributed by atoms with Crippen molar-refractivity contribution in [3.63, 3.8) is 0 Å². The maximum atomic E-state index is 12.2. The highest BCUT2D eigenvalue weighted by Gasteiger charge is 2.39. The van der Waals surface area contributed by atoms with E-state index in [4.69, 9.17) is 5.73 Å². The molecule has 92 valence electrons. The summed E-state index contributed by atoms with van der Waals surface area (Å²) in [5.74, 6) is -0.111. The summed E-state index contributed by atoms with van der Waals surface area (Å²) in [7, 11) is 1.59. The molecule has 1 saturated heterocycles. The summed E-state index contributed by atoms with van der Waals surface area (Å²) in [6.07, 6.45) is 1.62. The van der Waals surface area contributed by atoms with E-state index >= 15 is 0 Å². The quantitative estimate of drug-likeness (QED) is 0.695. The number of carbonyl (C=O) groups excluding carboxylic acids is 2. The van der Waals surface area contributed by atoms with Gasteiger partial charge in [-0.3, -0.25) is 9.59 Å². The summed E-state index contributed by atoms with van der Waals surface area (Å²) in [5.41, 5.74) is 4.99. The third-order valence-corrected chi connectivity index (χ3v) is 3.15. The number of nitrogens with zero attached hydrogens (tertiary/aromatic N) is 1. The number of hydrogen-bond donors (Lipinski definition) is 2. The lowest BCUT2D eigenvalue weighted by molar-refractivity contribution is -0.144. The lowest BCUT2D eigenvalue weighted by Crippen LogP contribution is -2.51. The van der Waals surface area contributed by atoms with Crippen molar-refractivity contribution < 1.29 is 9.59 Å². The Balaban J connectivity index is 2.79. The van der Waals surface area contributed by atoms with Gasteiger partial charge in [-0.05, 0) is 26.7 Å². The molecule has 1 aliphatic heterocycles. The molecule has 16 heavy (non-hydrogen) atoms. The Hall–Kier alpha value is -1.10. The van der Waals surface area contributed by atoms with Gasteiger partial charge in [-0.25, -0.2) is 0 Å². The van der Waals surface area contributed by atoms with E-state index in [0.29, 0.717) is 13.1 Å². The average Bonchev–Trinajstić information content (AvgIpc) is 2.75. The first kappa shape index (κ1) is 13.0. The van der Waals surface area contributed by atoms with Crippen molar-refractivity contribution in [3.8, 4) is 0 Å². The lowest BCUT2D eigenvalue weighted by Gasteiger charge is -2.31. The molecule has 1 atom stereocenters. The molecular weight excluding hydrogens is 206 g/mol. The van der Waals surface area contributed by atoms with Crippen molar-refractivity contribution in [3.05, 3.63) is 0 Å². The van der Waals surface area contributed by atoms with Crippen molar-refractivity contribution in [2.24, 2.45) is 11.1 Å². The molecule has 0 aliphatic carbocycles. The zero-order valence-corrected chi connectivity index (χ0v) is 10.2. The van der Waals surface area contributed by atoms with Gasteiger partial charge in [0.2, 0.25) is 11.8 Å². The van der Waals surface area contributed by atoms with Crippen LogP contribution in [0.25, 0.3) is 0 Å². The Kier molecular flexibility index (Phi) is 3.91. The number of likely N-dealkylation sites (N-methyl/N-ethyl adjacent to an activating group) is 1. The fraction of sp³-hybridized carbons (Fsp3) is 0.818. The van der Waals surface area contributed by atoms with Crippen LogP contribution in [0.3, 0.4) is 0 Å². The minimum absolute atomic E-state index is 0.0268. The Labute approximate surface area is 96.4 Å². The number of amides is 2. The van der Waals surface area contributed by atoms with Crippen LogP contribution >= 0.6 is 0 Å². The van der Waals surface area contributed by atoms with E-state index in [0.717, 1.165) is 12.8 Å². The van der Waals surface area contributed by atoms with Crippen LogP contribution in [0.1, 0.15) is 26.7 Å². The van der Waals surface area contributed by atoms with Crippen molar-refractivity contribution in [1.29, 1.82) is 0 Å². The number of carbonyl (C=O) groups is 2. The number of likely N-dealkylation sites (tertiary alicyclic amines) is 1. The highest BCUT2D eigenvalue weighted by Crippen LogP contribution is 2.25. The van der Waals surface area contributed by atoms with Crippen LogP contribution in [0.4, 0.5) is 0 Å². The average molecular weight is 227 g/mol. The molecule has 0 saturated carbocycles. The molecule has 1 rings (SSSR count). The molecule has 0 spiro atoms. The van der Waals surface area contributed by atoms with Crippen LogP contribution in [-0.2, 0) is 9.59 Å². The second kappa shape index (κ2) is 4.82. The molecule has 1 heterocycles. The van der Waals surface area contributed by atoms with Gasteiger partial charge in [-0.15, -0.1) is 0 Å². The number of hydrogen-bond acceptors (Lipinski definition) is 3. The van der Waals surface area contributed by atoms with Gasteiger partial charge in [0, 0.05) is 20.1 Å². The monoisotopic (exact) mass is 227 g/mol. The largest absolute Gasteiger partial charge is 0.357 e. The van der Waals surface area contributed by atoms with Crippen molar-refractivity contribution in [1.82, 2.24) is 10.2 Å². The summed E-state index contributed by atoms with van der Waals surface area (Å²) in [6, 6.07) is -0.316. The van der Waals surface area contributed by atoms with Crippen LogP contribution in [-0.4, -0.2) is 42.9 Å². The van der Waals surface area contributed by atoms with E-state index < -0.39 is 5.41 Å². The van der Waals surface area contributed by atoms with E-state index in [1.165, 1.54) is 0 Å². The molecule has 2 amide bonds. The van der Waals surface area contributed by atoms with Crippen LogP contribution in [0.2, 0.25) is 0 Å². The Morgan fingerprint density at radius 3 is 2.62 bits per heavy atom. The van der Waals surface area contributed by atoms with Gasteiger partial charge in [0.15, 0.2) is 0 Å². The lowest BCUT2D eigenvalue weighted by atomic mass is 9.91. The molecule has 0 aromatic rings. The van der Waals surface area contributed by atoms with Gasteiger partial charge in [0.05, 0.1) is 5.41 Å². The van der Waals surface area contributed by atoms with E-state index in [1.54, 1.807) is 11.9 Å². The first-order chi connectivity index (χ1) is 7.44. The molecule has 1 aliphatic rings. The van der Waals surface area contributed by atoms with Crippen LogP contribution < -0.4 is 11.1 Å². The van der Waals surface area contributed by atoms with Gasteiger partial charge >= 0.3 is 0 Å². The third kappa shape index (κ3) is 2.35. The molecule has 5 nitrogen and oxygen atoms in total. The normalized spacial score (nSPS) is 21.0. The molecule has 3 N–H and O–H groups in total. The SMILES string of the molecule is CNC(=O)C1CCCN1C(=O)C(C)(C)CN. The first-order valence-corrected chi connectivity index (χ1v) is 5.67. The van der Waals surface area contributed by atoms with Crippen molar-refractivity contribution in [2.75, 3.05) is 20.1 Å². The fourth-order valence-electron chi connectivity index (χ4n) is 1.93. The molecule has 0 bridgehead atoms. The molecular formula is C11H21N3O2. The predicted octanol–water partition coefficient (Wildman–Crippen LogP) is -0.292. The maximum absolute atomic E-state index is 12.2. The minimum Gasteiger partial charge on any atom is -0.357 e. The Morgan fingerprint density at radius 1 is 1.50 bits per heavy atom. The Bertz CT molecular complexity index is 289. The Morgan fingerprint density at radius 2 is 2.12 bits per heavy atom. The third-order valence-electron chi connectivity index (χ3n) is 3.15. The first-order valence-electron chi connectivity index (χ1n) is 5.67. The van der Waals surface area contributed by atoms with Gasteiger partial charge < -0.3 is 16.0 Å². The zero-order valence-electron chi connectivity index (χ0n) is 10.2. The summed E-state index contributed by atoms with van der Waals surface area (Å²) < 4.78 is 0. The molecule has 0 aromatic carbocycles. The zero-order chi connectivity index (χ0) is 12.3. The maximum Gasteiger partial charge on any atom is 0.242 e. The highest BCUT2D eigenvalue weighted by molar-refractivity contribution is 5.90. The molecule has 0 aromatic heterocycles. The van der Waals surface area contributed by atoms with E-state index in [9.17, 15) is 9.59 Å². The van der Waals surface area contributed by atoms with E-state index in [1.807, 2.05) is 13.8 Å². The summed E-state index contributed by atoms with van der Waals surface area (Å²) in [4.78, 5) is 25.5. The molecule has 1 unspecified atom stereocenters. The standard InChI is InChI=1S/C11H21N3O2/c1-11(2,7-12)10(16)14-6-4-5-8(14)9(15)13-3/h8H,4-7,12H2,1-3H3,(H,13,15). The van der Waals surface area contributed by atoms with Crippen molar-refractivity contribution >= 4 is 11.8 Å². The van der Waals surface area contributed by atoms with E-state index in [2.05, 4.69) is 5.32 Å². The van der Waals surface area contributed by atoms with Crippen molar-refractivity contribution in [2.45, 2.75) is 32.7 Å². The summed E-state index contributed by atoms with van der Waals surface area (Å²) in [6.45, 7) is 4.58. The number of nitrogens with one attached hydrogen (secondary N) is 1. The van der Waals surface area contributed by atoms with Crippen LogP contribution in [0, 0.1) is 5.41 Å².